The fourth-order valence-corrected chi connectivity index (χ4v) is 1.31. The third-order valence-electron chi connectivity index (χ3n) is 2.10. The van der Waals surface area contributed by atoms with Crippen molar-refractivity contribution in [2.45, 2.75) is 13.3 Å². The average molecular weight is 217 g/mol. The fraction of sp³-hybridized carbons (Fsp3) is 0.182. The maximum absolute atomic E-state index is 10.6. The van der Waals surface area contributed by atoms with Crippen molar-refractivity contribution < 1.29 is 4.92 Å². The van der Waals surface area contributed by atoms with E-state index in [0.717, 1.165) is 0 Å². The zero-order valence-corrected chi connectivity index (χ0v) is 8.80. The summed E-state index contributed by atoms with van der Waals surface area (Å²) in [6.45, 7) is 1.65. The van der Waals surface area contributed by atoms with Crippen LogP contribution in [0.3, 0.4) is 0 Å². The van der Waals surface area contributed by atoms with Gasteiger partial charge in [0.1, 0.15) is 0 Å². The number of nitriles is 1. The monoisotopic (exact) mass is 217 g/mol. The molecule has 82 valence electrons. The molecule has 0 saturated carbocycles. The SMILES string of the molecule is Cc1cc(C=CCC#N)c(N)cc1[N+](=O)[O-]. The number of rotatable bonds is 3. The minimum absolute atomic E-state index is 0.00920. The number of nitrogens with zero attached hydrogens (tertiary/aromatic N) is 2. The first-order chi connectivity index (χ1) is 7.56. The molecule has 0 aromatic heterocycles. The molecule has 0 spiro atoms. The molecule has 0 radical (unpaired) electrons. The molecule has 5 nitrogen and oxygen atoms in total. The second kappa shape index (κ2) is 4.94. The van der Waals surface area contributed by atoms with Crippen molar-refractivity contribution in [3.63, 3.8) is 0 Å². The predicted octanol–water partition coefficient (Wildman–Crippen LogP) is 2.41. The first-order valence-corrected chi connectivity index (χ1v) is 4.64. The standard InChI is InChI=1S/C11H11N3O2/c1-8-6-9(4-2-3-5-12)10(13)7-11(8)14(15)16/h2,4,6-7H,3,13H2,1H3. The van der Waals surface area contributed by atoms with Gasteiger partial charge < -0.3 is 5.73 Å². The van der Waals surface area contributed by atoms with E-state index < -0.39 is 4.92 Å². The van der Waals surface area contributed by atoms with Crippen LogP contribution in [0.25, 0.3) is 6.08 Å². The van der Waals surface area contributed by atoms with E-state index in [1.165, 1.54) is 6.07 Å². The minimum atomic E-state index is -0.464. The van der Waals surface area contributed by atoms with E-state index in [0.29, 0.717) is 16.8 Å². The minimum Gasteiger partial charge on any atom is -0.398 e. The third-order valence-corrected chi connectivity index (χ3v) is 2.10. The highest BCUT2D eigenvalue weighted by atomic mass is 16.6. The maximum atomic E-state index is 10.6. The van der Waals surface area contributed by atoms with Gasteiger partial charge in [-0.2, -0.15) is 5.26 Å². The summed E-state index contributed by atoms with van der Waals surface area (Å²) in [6, 6.07) is 4.94. The number of allylic oxidation sites excluding steroid dienone is 1. The van der Waals surface area contributed by atoms with Gasteiger partial charge in [0.25, 0.3) is 5.69 Å². The van der Waals surface area contributed by atoms with Gasteiger partial charge in [0.05, 0.1) is 17.4 Å². The van der Waals surface area contributed by atoms with Crippen LogP contribution < -0.4 is 5.73 Å². The number of nitrogen functional groups attached to an aromatic ring is 1. The first-order valence-electron chi connectivity index (χ1n) is 4.64. The quantitative estimate of drug-likeness (QED) is 0.478. The largest absolute Gasteiger partial charge is 0.398 e. The van der Waals surface area contributed by atoms with Crippen molar-refractivity contribution >= 4 is 17.5 Å². The highest BCUT2D eigenvalue weighted by Crippen LogP contribution is 2.25. The molecule has 16 heavy (non-hydrogen) atoms. The Labute approximate surface area is 93.0 Å². The van der Waals surface area contributed by atoms with Crippen molar-refractivity contribution in [1.29, 1.82) is 5.26 Å². The molecule has 1 aromatic rings. The van der Waals surface area contributed by atoms with Crippen LogP contribution in [0, 0.1) is 28.4 Å². The van der Waals surface area contributed by atoms with Crippen LogP contribution >= 0.6 is 0 Å². The number of anilines is 1. The Morgan fingerprint density at radius 2 is 2.31 bits per heavy atom. The molecule has 0 atom stereocenters. The molecule has 1 rings (SSSR count). The number of benzene rings is 1. The van der Waals surface area contributed by atoms with Crippen LogP contribution in [-0.2, 0) is 0 Å². The van der Waals surface area contributed by atoms with E-state index in [1.807, 2.05) is 6.07 Å². The topological polar surface area (TPSA) is 93.0 Å². The summed E-state index contributed by atoms with van der Waals surface area (Å²) in [5, 5.41) is 19.0. The van der Waals surface area contributed by atoms with Crippen molar-refractivity contribution in [2.24, 2.45) is 0 Å². The molecule has 0 amide bonds. The number of nitro groups is 1. The van der Waals surface area contributed by atoms with Crippen molar-refractivity contribution in [3.8, 4) is 6.07 Å². The highest BCUT2D eigenvalue weighted by Gasteiger charge is 2.12. The predicted molar refractivity (Wildman–Crippen MR) is 61.5 cm³/mol. The number of nitrogens with two attached hydrogens (primary N) is 1. The molecule has 0 aliphatic heterocycles. The van der Waals surface area contributed by atoms with Gasteiger partial charge in [-0.15, -0.1) is 0 Å². The van der Waals surface area contributed by atoms with E-state index in [9.17, 15) is 10.1 Å². The number of hydrogen-bond acceptors (Lipinski definition) is 4. The lowest BCUT2D eigenvalue weighted by Crippen LogP contribution is -1.96. The van der Waals surface area contributed by atoms with Crippen LogP contribution in [0.4, 0.5) is 11.4 Å². The van der Waals surface area contributed by atoms with Crippen LogP contribution in [0.1, 0.15) is 17.5 Å². The van der Waals surface area contributed by atoms with Gasteiger partial charge in [-0.25, -0.2) is 0 Å². The van der Waals surface area contributed by atoms with Gasteiger partial charge in [0.2, 0.25) is 0 Å². The van der Waals surface area contributed by atoms with Crippen molar-refractivity contribution in [1.82, 2.24) is 0 Å². The molecular formula is C11H11N3O2. The number of aryl methyl sites for hydroxylation is 1. The lowest BCUT2D eigenvalue weighted by molar-refractivity contribution is -0.385. The van der Waals surface area contributed by atoms with E-state index in [1.54, 1.807) is 25.1 Å². The molecule has 0 heterocycles. The summed E-state index contributed by atoms with van der Waals surface area (Å²) in [5.74, 6) is 0. The second-order valence-corrected chi connectivity index (χ2v) is 3.29. The fourth-order valence-electron chi connectivity index (χ4n) is 1.31. The Morgan fingerprint density at radius 3 is 2.88 bits per heavy atom. The molecule has 0 aliphatic carbocycles. The van der Waals surface area contributed by atoms with Crippen LogP contribution in [0.2, 0.25) is 0 Å². The van der Waals surface area contributed by atoms with E-state index >= 15 is 0 Å². The van der Waals surface area contributed by atoms with Gasteiger partial charge in [0.15, 0.2) is 0 Å². The molecule has 0 saturated heterocycles. The molecule has 0 unspecified atom stereocenters. The summed E-state index contributed by atoms with van der Waals surface area (Å²) in [6.07, 6.45) is 3.64. The zero-order valence-electron chi connectivity index (χ0n) is 8.80. The van der Waals surface area contributed by atoms with Crippen LogP contribution in [0.15, 0.2) is 18.2 Å². The molecule has 1 aromatic carbocycles. The van der Waals surface area contributed by atoms with Crippen molar-refractivity contribution in [3.05, 3.63) is 39.4 Å². The van der Waals surface area contributed by atoms with Crippen LogP contribution in [0.5, 0.6) is 0 Å². The number of hydrogen-bond donors (Lipinski definition) is 1. The zero-order chi connectivity index (χ0) is 12.1. The smallest absolute Gasteiger partial charge is 0.274 e. The van der Waals surface area contributed by atoms with Gasteiger partial charge in [-0.05, 0) is 18.6 Å². The van der Waals surface area contributed by atoms with E-state index in [-0.39, 0.29) is 12.1 Å². The summed E-state index contributed by atoms with van der Waals surface area (Å²) in [4.78, 5) is 10.2. The average Bonchev–Trinajstić information content (AvgIpc) is 2.22. The number of nitro benzene ring substituents is 1. The Balaban J connectivity index is 3.11. The molecule has 0 bridgehead atoms. The first kappa shape index (κ1) is 11.7. The third kappa shape index (κ3) is 2.58. The Morgan fingerprint density at radius 1 is 1.62 bits per heavy atom. The summed E-state index contributed by atoms with van der Waals surface area (Å²) in [5.41, 5.74) is 7.26. The molecular weight excluding hydrogens is 206 g/mol. The Kier molecular flexibility index (Phi) is 3.62. The Hall–Kier alpha value is -2.35. The maximum Gasteiger partial charge on any atom is 0.274 e. The summed E-state index contributed by atoms with van der Waals surface area (Å²) >= 11 is 0. The van der Waals surface area contributed by atoms with E-state index in [2.05, 4.69) is 0 Å². The highest BCUT2D eigenvalue weighted by molar-refractivity contribution is 5.69. The summed E-state index contributed by atoms with van der Waals surface area (Å²) < 4.78 is 0. The van der Waals surface area contributed by atoms with Crippen molar-refractivity contribution in [2.75, 3.05) is 5.73 Å². The van der Waals surface area contributed by atoms with E-state index in [4.69, 9.17) is 11.0 Å². The molecule has 5 heteroatoms. The summed E-state index contributed by atoms with van der Waals surface area (Å²) in [7, 11) is 0. The lowest BCUT2D eigenvalue weighted by Gasteiger charge is -2.03. The van der Waals surface area contributed by atoms with Crippen LogP contribution in [-0.4, -0.2) is 4.92 Å². The molecule has 0 fully saturated rings. The van der Waals surface area contributed by atoms with Gasteiger partial charge in [0, 0.05) is 17.3 Å². The molecule has 0 aliphatic rings. The normalized spacial score (nSPS) is 10.2. The second-order valence-electron chi connectivity index (χ2n) is 3.29. The Bertz CT molecular complexity index is 487. The van der Waals surface area contributed by atoms with Gasteiger partial charge >= 0.3 is 0 Å². The lowest BCUT2D eigenvalue weighted by atomic mass is 10.1. The van der Waals surface area contributed by atoms with Gasteiger partial charge in [-0.1, -0.05) is 12.2 Å². The molecule has 2 N–H and O–H groups in total. The van der Waals surface area contributed by atoms with Gasteiger partial charge in [-0.3, -0.25) is 10.1 Å².